The van der Waals surface area contributed by atoms with Gasteiger partial charge in [0.1, 0.15) is 5.57 Å². The fourth-order valence-electron chi connectivity index (χ4n) is 4.86. The number of carbonyl (C=O) groups excluding carboxylic acids is 2. The molecule has 2 heterocycles. The summed E-state index contributed by atoms with van der Waals surface area (Å²) in [5.41, 5.74) is 3.13. The molecule has 1 atom stereocenters. The molecule has 0 radical (unpaired) electrons. The summed E-state index contributed by atoms with van der Waals surface area (Å²) >= 11 is 0. The van der Waals surface area contributed by atoms with Gasteiger partial charge in [0.25, 0.3) is 11.8 Å². The van der Waals surface area contributed by atoms with Crippen LogP contribution in [0.2, 0.25) is 0 Å². The van der Waals surface area contributed by atoms with Crippen molar-refractivity contribution in [2.24, 2.45) is 0 Å². The molecule has 1 aliphatic heterocycles. The molecule has 9 heteroatoms. The Hall–Kier alpha value is -4.54. The van der Waals surface area contributed by atoms with Gasteiger partial charge in [-0.05, 0) is 55.3 Å². The lowest BCUT2D eigenvalue weighted by Gasteiger charge is -2.27. The second-order valence-corrected chi connectivity index (χ2v) is 9.87. The van der Waals surface area contributed by atoms with Gasteiger partial charge < -0.3 is 25.0 Å². The lowest BCUT2D eigenvalue weighted by atomic mass is 10.1. The molecule has 0 spiro atoms. The van der Waals surface area contributed by atoms with Crippen molar-refractivity contribution in [3.05, 3.63) is 113 Å². The maximum absolute atomic E-state index is 13.7. The van der Waals surface area contributed by atoms with Crippen LogP contribution in [0.5, 0.6) is 0 Å². The van der Waals surface area contributed by atoms with E-state index in [0.717, 1.165) is 22.9 Å². The highest BCUT2D eigenvalue weighted by Crippen LogP contribution is 2.33. The molecule has 3 aromatic carbocycles. The van der Waals surface area contributed by atoms with Crippen LogP contribution >= 0.6 is 0 Å². The van der Waals surface area contributed by atoms with E-state index in [9.17, 15) is 30.0 Å². The van der Waals surface area contributed by atoms with E-state index in [4.69, 9.17) is 0 Å². The van der Waals surface area contributed by atoms with E-state index in [1.807, 2.05) is 24.3 Å². The van der Waals surface area contributed by atoms with Crippen molar-refractivity contribution in [3.63, 3.8) is 0 Å². The highest BCUT2D eigenvalue weighted by molar-refractivity contribution is 6.36. The zero-order chi connectivity index (χ0) is 29.3. The van der Waals surface area contributed by atoms with E-state index >= 15 is 0 Å². The van der Waals surface area contributed by atoms with Crippen molar-refractivity contribution in [3.8, 4) is 0 Å². The first kappa shape index (κ1) is 28.0. The average molecular weight is 554 g/mol. The largest absolute Gasteiger partial charge is 0.364 e. The number of benzene rings is 3. The monoisotopic (exact) mass is 553 g/mol. The van der Waals surface area contributed by atoms with Gasteiger partial charge in [-0.2, -0.15) is 0 Å². The van der Waals surface area contributed by atoms with E-state index in [2.05, 4.69) is 30.7 Å². The minimum atomic E-state index is -1.68. The normalized spacial score (nSPS) is 14.9. The van der Waals surface area contributed by atoms with Gasteiger partial charge in [-0.1, -0.05) is 61.5 Å². The third-order valence-corrected chi connectivity index (χ3v) is 7.29. The summed E-state index contributed by atoms with van der Waals surface area (Å²) in [5.74, 6) is -1.13. The fraction of sp³-hybridized carbons (Fsp3) is 0.188. The first-order valence-electron chi connectivity index (χ1n) is 13.3. The average Bonchev–Trinajstić information content (AvgIpc) is 3.47. The minimum absolute atomic E-state index is 0.0653. The summed E-state index contributed by atoms with van der Waals surface area (Å²) in [7, 11) is 0. The van der Waals surface area contributed by atoms with Crippen molar-refractivity contribution in [1.82, 2.24) is 4.57 Å². The van der Waals surface area contributed by atoms with Gasteiger partial charge in [0.15, 0.2) is 12.6 Å². The van der Waals surface area contributed by atoms with E-state index in [1.165, 1.54) is 64.6 Å². The maximum Gasteiger partial charge on any atom is 0.283 e. The number of fused-ring (bicyclic) bond motifs is 1. The number of para-hydroxylation sites is 1. The van der Waals surface area contributed by atoms with Gasteiger partial charge in [0, 0.05) is 34.3 Å². The molecule has 1 aliphatic rings. The Kier molecular flexibility index (Phi) is 7.87. The number of nitrogens with zero attached hydrogens (tertiary/aromatic N) is 3. The molecule has 41 heavy (non-hydrogen) atoms. The van der Waals surface area contributed by atoms with Crippen LogP contribution in [-0.4, -0.2) is 36.8 Å². The summed E-state index contributed by atoms with van der Waals surface area (Å²) in [6.45, 7) is 4.29. The van der Waals surface area contributed by atoms with Crippen molar-refractivity contribution in [2.45, 2.75) is 38.9 Å². The summed E-state index contributed by atoms with van der Waals surface area (Å²) < 4.78 is 2.22. The number of rotatable bonds is 8. The first-order valence-corrected chi connectivity index (χ1v) is 13.3. The van der Waals surface area contributed by atoms with Gasteiger partial charge in [-0.25, -0.2) is 10.0 Å². The zero-order valence-corrected chi connectivity index (χ0v) is 22.6. The number of amides is 2. The van der Waals surface area contributed by atoms with E-state index in [1.54, 1.807) is 6.08 Å². The molecule has 1 aromatic heterocycles. The van der Waals surface area contributed by atoms with E-state index in [-0.39, 0.29) is 16.7 Å². The second-order valence-electron chi connectivity index (χ2n) is 9.87. The number of hydrogen-bond donors (Lipinski definition) is 4. The number of anilines is 2. The predicted molar refractivity (Wildman–Crippen MR) is 156 cm³/mol. The number of hydrogen-bond acceptors (Lipinski definition) is 6. The number of aromatic nitrogens is 1. The number of aliphatic hydroxyl groups excluding tert-OH is 2. The van der Waals surface area contributed by atoms with Crippen LogP contribution in [0.4, 0.5) is 11.4 Å². The molecule has 5 rings (SSSR count). The predicted octanol–water partition coefficient (Wildman–Crippen LogP) is 4.51. The Morgan fingerprint density at radius 3 is 1.76 bits per heavy atom. The molecule has 2 amide bonds. The molecule has 1 unspecified atom stereocenters. The van der Waals surface area contributed by atoms with Gasteiger partial charge in [-0.15, -0.1) is 0 Å². The van der Waals surface area contributed by atoms with Crippen molar-refractivity contribution >= 4 is 40.2 Å². The van der Waals surface area contributed by atoms with Crippen LogP contribution in [0.3, 0.4) is 0 Å². The standard InChI is InChI=1S/C32H31N3O6/c1-3-20(2)33-19-23(26-8-4-5-10-28(26)33)7-6-9-27-29(36)34(24-15-11-21(12-16-24)31(38)39)35(30(27)37)25-17-13-22(14-18-25)32(40)41/h4-20,31-32,38-41H,3H2,1-2H3. The summed E-state index contributed by atoms with van der Waals surface area (Å²) in [4.78, 5) is 27.3. The first-order chi connectivity index (χ1) is 19.7. The molecule has 210 valence electrons. The fourth-order valence-corrected chi connectivity index (χ4v) is 4.86. The number of aliphatic hydroxyl groups is 4. The van der Waals surface area contributed by atoms with E-state index < -0.39 is 24.4 Å². The Labute approximate surface area is 237 Å². The Morgan fingerprint density at radius 2 is 1.27 bits per heavy atom. The number of allylic oxidation sites excluding steroid dienone is 2. The number of carbonyl (C=O) groups is 2. The van der Waals surface area contributed by atoms with Crippen LogP contribution in [0.1, 0.15) is 55.6 Å². The molecule has 0 bridgehead atoms. The lowest BCUT2D eigenvalue weighted by molar-refractivity contribution is -0.116. The van der Waals surface area contributed by atoms with Gasteiger partial charge in [0.05, 0.1) is 11.4 Å². The number of hydrazine groups is 1. The van der Waals surface area contributed by atoms with Crippen molar-refractivity contribution < 1.29 is 30.0 Å². The quantitative estimate of drug-likeness (QED) is 0.144. The molecular formula is C32H31N3O6. The summed E-state index contributed by atoms with van der Waals surface area (Å²) in [6.07, 6.45) is 4.73. The van der Waals surface area contributed by atoms with Gasteiger partial charge in [-0.3, -0.25) is 9.59 Å². The van der Waals surface area contributed by atoms with Gasteiger partial charge >= 0.3 is 0 Å². The third-order valence-electron chi connectivity index (χ3n) is 7.29. The van der Waals surface area contributed by atoms with Crippen LogP contribution in [0.15, 0.2) is 96.7 Å². The molecular weight excluding hydrogens is 522 g/mol. The van der Waals surface area contributed by atoms with Crippen LogP contribution < -0.4 is 10.0 Å². The Bertz CT molecular complexity index is 1560. The van der Waals surface area contributed by atoms with Crippen LogP contribution in [0.25, 0.3) is 17.0 Å². The molecule has 4 aromatic rings. The Balaban J connectivity index is 1.53. The Morgan fingerprint density at radius 1 is 0.756 bits per heavy atom. The smallest absolute Gasteiger partial charge is 0.283 e. The second kappa shape index (κ2) is 11.5. The lowest BCUT2D eigenvalue weighted by Crippen LogP contribution is -2.41. The minimum Gasteiger partial charge on any atom is -0.364 e. The van der Waals surface area contributed by atoms with Gasteiger partial charge in [0.2, 0.25) is 0 Å². The molecule has 0 aliphatic carbocycles. The molecule has 4 N–H and O–H groups in total. The topological polar surface area (TPSA) is 126 Å². The third kappa shape index (κ3) is 5.31. The zero-order valence-electron chi connectivity index (χ0n) is 22.6. The SMILES string of the molecule is CCC(C)n1cc(C=CC=C2C(=O)N(c3ccc(C(O)O)cc3)N(c3ccc(C(O)O)cc3)C2=O)c2ccccc21. The summed E-state index contributed by atoms with van der Waals surface area (Å²) in [5, 5.41) is 41.4. The van der Waals surface area contributed by atoms with Crippen molar-refractivity contribution in [1.29, 1.82) is 0 Å². The molecule has 1 fully saturated rings. The highest BCUT2D eigenvalue weighted by Gasteiger charge is 2.42. The van der Waals surface area contributed by atoms with Crippen LogP contribution in [0, 0.1) is 0 Å². The van der Waals surface area contributed by atoms with E-state index in [0.29, 0.717) is 17.4 Å². The maximum atomic E-state index is 13.7. The summed E-state index contributed by atoms with van der Waals surface area (Å²) in [6, 6.07) is 20.3. The molecule has 0 saturated carbocycles. The van der Waals surface area contributed by atoms with Crippen molar-refractivity contribution in [2.75, 3.05) is 10.0 Å². The van der Waals surface area contributed by atoms with Crippen LogP contribution in [-0.2, 0) is 9.59 Å². The molecule has 9 nitrogen and oxygen atoms in total. The molecule has 1 saturated heterocycles. The highest BCUT2D eigenvalue weighted by atomic mass is 16.5.